The Hall–Kier alpha value is -3.03. The third-order valence-electron chi connectivity index (χ3n) is 4.84. The van der Waals surface area contributed by atoms with Crippen LogP contribution < -0.4 is 20.1 Å². The van der Waals surface area contributed by atoms with Crippen LogP contribution in [0.25, 0.3) is 0 Å². The van der Waals surface area contributed by atoms with E-state index in [1.54, 1.807) is 18.2 Å². The normalized spacial score (nSPS) is 15.8. The second-order valence-corrected chi connectivity index (χ2v) is 7.03. The number of allylic oxidation sites excluding steroid dienone is 1. The van der Waals surface area contributed by atoms with Crippen molar-refractivity contribution < 1.29 is 28.6 Å². The molecule has 3 rings (SSSR count). The fourth-order valence-electron chi connectivity index (χ4n) is 3.21. The molecule has 2 amide bonds. The molecule has 0 saturated carbocycles. The summed E-state index contributed by atoms with van der Waals surface area (Å²) in [6, 6.07) is 4.75. The minimum Gasteiger partial charge on any atom is -0.454 e. The van der Waals surface area contributed by atoms with Gasteiger partial charge in [0.2, 0.25) is 6.79 Å². The van der Waals surface area contributed by atoms with Crippen LogP contribution in [0, 0.1) is 0 Å². The Kier molecular flexibility index (Phi) is 7.10. The van der Waals surface area contributed by atoms with Crippen LogP contribution in [0.1, 0.15) is 49.4 Å². The standard InChI is InChI=1S/C21H26N2O6/c1-14(20(25)22-10-9-15-5-3-2-4-6-15)29-19(24)12-23-21(26)16-7-8-17-18(11-16)28-13-27-17/h5,7-8,11,14H,2-4,6,9-10,12-13H2,1H3,(H,22,25)(H,23,26)/t14-/m0/s1. The van der Waals surface area contributed by atoms with Gasteiger partial charge in [0.1, 0.15) is 6.54 Å². The summed E-state index contributed by atoms with van der Waals surface area (Å²) in [6.07, 6.45) is 6.75. The van der Waals surface area contributed by atoms with Gasteiger partial charge in [-0.3, -0.25) is 14.4 Å². The van der Waals surface area contributed by atoms with Crippen molar-refractivity contribution in [1.82, 2.24) is 10.6 Å². The van der Waals surface area contributed by atoms with Gasteiger partial charge in [-0.05, 0) is 57.2 Å². The molecule has 1 aliphatic carbocycles. The number of ether oxygens (including phenoxy) is 3. The Balaban J connectivity index is 1.36. The maximum absolute atomic E-state index is 12.2. The van der Waals surface area contributed by atoms with Gasteiger partial charge >= 0.3 is 5.97 Å². The average Bonchev–Trinajstić information content (AvgIpc) is 3.20. The molecule has 0 fully saturated rings. The van der Waals surface area contributed by atoms with Gasteiger partial charge in [0.15, 0.2) is 17.6 Å². The van der Waals surface area contributed by atoms with Crippen LogP contribution in [0.15, 0.2) is 29.8 Å². The maximum atomic E-state index is 12.2. The molecule has 1 aliphatic heterocycles. The molecule has 2 N–H and O–H groups in total. The number of carbonyl (C=O) groups is 3. The van der Waals surface area contributed by atoms with Crippen molar-refractivity contribution in [3.63, 3.8) is 0 Å². The van der Waals surface area contributed by atoms with E-state index in [0.717, 1.165) is 19.3 Å². The minimum atomic E-state index is -0.926. The highest BCUT2D eigenvalue weighted by Gasteiger charge is 2.20. The van der Waals surface area contributed by atoms with Crippen molar-refractivity contribution in [2.24, 2.45) is 0 Å². The van der Waals surface area contributed by atoms with Gasteiger partial charge in [-0.1, -0.05) is 11.6 Å². The van der Waals surface area contributed by atoms with Crippen LogP contribution in [0.2, 0.25) is 0 Å². The Bertz CT molecular complexity index is 804. The third-order valence-corrected chi connectivity index (χ3v) is 4.84. The summed E-state index contributed by atoms with van der Waals surface area (Å²) in [7, 11) is 0. The van der Waals surface area contributed by atoms with E-state index in [1.165, 1.54) is 25.3 Å². The van der Waals surface area contributed by atoms with E-state index in [2.05, 4.69) is 16.7 Å². The van der Waals surface area contributed by atoms with E-state index >= 15 is 0 Å². The zero-order valence-electron chi connectivity index (χ0n) is 16.5. The van der Waals surface area contributed by atoms with E-state index in [9.17, 15) is 14.4 Å². The molecule has 1 heterocycles. The van der Waals surface area contributed by atoms with Crippen molar-refractivity contribution in [3.05, 3.63) is 35.4 Å². The van der Waals surface area contributed by atoms with E-state index in [1.807, 2.05) is 0 Å². The number of amides is 2. The van der Waals surface area contributed by atoms with Crippen molar-refractivity contribution >= 4 is 17.8 Å². The van der Waals surface area contributed by atoms with Gasteiger partial charge in [-0.15, -0.1) is 0 Å². The first-order valence-corrected chi connectivity index (χ1v) is 9.86. The lowest BCUT2D eigenvalue weighted by atomic mass is 9.97. The van der Waals surface area contributed by atoms with Gasteiger partial charge in [0.25, 0.3) is 11.8 Å². The van der Waals surface area contributed by atoms with E-state index in [-0.39, 0.29) is 19.2 Å². The number of rotatable bonds is 8. The summed E-state index contributed by atoms with van der Waals surface area (Å²) in [5.41, 5.74) is 1.71. The van der Waals surface area contributed by atoms with Crippen LogP contribution in [0.3, 0.4) is 0 Å². The molecule has 0 radical (unpaired) electrons. The summed E-state index contributed by atoms with van der Waals surface area (Å²) in [4.78, 5) is 36.2. The van der Waals surface area contributed by atoms with Crippen LogP contribution >= 0.6 is 0 Å². The first-order chi connectivity index (χ1) is 14.0. The predicted octanol–water partition coefficient (Wildman–Crippen LogP) is 2.08. The summed E-state index contributed by atoms with van der Waals surface area (Å²) in [5, 5.41) is 5.25. The highest BCUT2D eigenvalue weighted by atomic mass is 16.7. The second-order valence-electron chi connectivity index (χ2n) is 7.03. The van der Waals surface area contributed by atoms with Crippen LogP contribution in [-0.2, 0) is 14.3 Å². The monoisotopic (exact) mass is 402 g/mol. The zero-order chi connectivity index (χ0) is 20.6. The van der Waals surface area contributed by atoms with Crippen molar-refractivity contribution in [3.8, 4) is 11.5 Å². The van der Waals surface area contributed by atoms with E-state index < -0.39 is 18.0 Å². The Labute approximate surface area is 169 Å². The first kappa shape index (κ1) is 20.7. The summed E-state index contributed by atoms with van der Waals surface area (Å²) < 4.78 is 15.5. The van der Waals surface area contributed by atoms with E-state index in [0.29, 0.717) is 23.6 Å². The van der Waals surface area contributed by atoms with Crippen LogP contribution in [-0.4, -0.2) is 43.8 Å². The van der Waals surface area contributed by atoms with Gasteiger partial charge in [-0.25, -0.2) is 0 Å². The maximum Gasteiger partial charge on any atom is 0.326 e. The molecule has 1 aromatic carbocycles. The lowest BCUT2D eigenvalue weighted by Crippen LogP contribution is -2.39. The smallest absolute Gasteiger partial charge is 0.326 e. The van der Waals surface area contributed by atoms with Gasteiger partial charge in [0.05, 0.1) is 0 Å². The SMILES string of the molecule is C[C@H](OC(=O)CNC(=O)c1ccc2c(c1)OCO2)C(=O)NCCC1=CCCCC1. The minimum absolute atomic E-state index is 0.115. The second kappa shape index (κ2) is 9.95. The lowest BCUT2D eigenvalue weighted by Gasteiger charge is -2.16. The molecule has 8 heteroatoms. The number of esters is 1. The number of hydrogen-bond acceptors (Lipinski definition) is 6. The number of nitrogens with one attached hydrogen (secondary N) is 2. The van der Waals surface area contributed by atoms with E-state index in [4.69, 9.17) is 14.2 Å². The molecule has 156 valence electrons. The van der Waals surface area contributed by atoms with Crippen molar-refractivity contribution in [2.75, 3.05) is 19.9 Å². The molecule has 0 saturated heterocycles. The largest absolute Gasteiger partial charge is 0.454 e. The molecular formula is C21H26N2O6. The molecule has 0 unspecified atom stereocenters. The fourth-order valence-corrected chi connectivity index (χ4v) is 3.21. The molecule has 0 bridgehead atoms. The number of hydrogen-bond donors (Lipinski definition) is 2. The predicted molar refractivity (Wildman–Crippen MR) is 105 cm³/mol. The molecule has 0 spiro atoms. The van der Waals surface area contributed by atoms with Crippen molar-refractivity contribution in [2.45, 2.75) is 45.1 Å². The highest BCUT2D eigenvalue weighted by molar-refractivity contribution is 5.96. The Morgan fingerprint density at radius 3 is 2.76 bits per heavy atom. The van der Waals surface area contributed by atoms with Gasteiger partial charge < -0.3 is 24.8 Å². The fraction of sp³-hybridized carbons (Fsp3) is 0.476. The quantitative estimate of drug-likeness (QED) is 0.510. The number of benzene rings is 1. The molecule has 2 aliphatic rings. The van der Waals surface area contributed by atoms with Crippen molar-refractivity contribution in [1.29, 1.82) is 0 Å². The topological polar surface area (TPSA) is 103 Å². The van der Waals surface area contributed by atoms with Crippen LogP contribution in [0.5, 0.6) is 11.5 Å². The van der Waals surface area contributed by atoms with Crippen LogP contribution in [0.4, 0.5) is 0 Å². The van der Waals surface area contributed by atoms with Gasteiger partial charge in [-0.2, -0.15) is 0 Å². The lowest BCUT2D eigenvalue weighted by molar-refractivity contribution is -0.153. The zero-order valence-corrected chi connectivity index (χ0v) is 16.5. The molecule has 1 atom stereocenters. The highest BCUT2D eigenvalue weighted by Crippen LogP contribution is 2.32. The molecule has 1 aromatic rings. The first-order valence-electron chi connectivity index (χ1n) is 9.86. The average molecular weight is 402 g/mol. The summed E-state index contributed by atoms with van der Waals surface area (Å²) in [6.45, 7) is 1.81. The molecule has 8 nitrogen and oxygen atoms in total. The summed E-state index contributed by atoms with van der Waals surface area (Å²) >= 11 is 0. The Morgan fingerprint density at radius 2 is 1.97 bits per heavy atom. The van der Waals surface area contributed by atoms with Gasteiger partial charge in [0, 0.05) is 12.1 Å². The number of fused-ring (bicyclic) bond motifs is 1. The molecular weight excluding hydrogens is 376 g/mol. The molecule has 29 heavy (non-hydrogen) atoms. The third kappa shape index (κ3) is 5.97. The Morgan fingerprint density at radius 1 is 1.14 bits per heavy atom. The summed E-state index contributed by atoms with van der Waals surface area (Å²) in [5.74, 6) is -0.429. The molecule has 0 aromatic heterocycles. The number of carbonyl (C=O) groups excluding carboxylic acids is 3.